The van der Waals surface area contributed by atoms with E-state index in [1.165, 1.54) is 11.0 Å². The third kappa shape index (κ3) is 6.18. The molecule has 0 spiro atoms. The zero-order valence-corrected chi connectivity index (χ0v) is 16.5. The highest BCUT2D eigenvalue weighted by Gasteiger charge is 2.39. The molecule has 6 heteroatoms. The minimum absolute atomic E-state index is 0.236. The van der Waals surface area contributed by atoms with Crippen LogP contribution in [0.1, 0.15) is 67.7 Å². The van der Waals surface area contributed by atoms with Crippen LogP contribution in [0.4, 0.5) is 4.79 Å². The van der Waals surface area contributed by atoms with Crippen LogP contribution >= 0.6 is 0 Å². The van der Waals surface area contributed by atoms with Gasteiger partial charge in [-0.3, -0.25) is 14.5 Å². The van der Waals surface area contributed by atoms with Gasteiger partial charge < -0.3 is 10.1 Å². The van der Waals surface area contributed by atoms with Crippen molar-refractivity contribution in [1.82, 2.24) is 10.2 Å². The van der Waals surface area contributed by atoms with Crippen LogP contribution in [0, 0.1) is 5.92 Å². The van der Waals surface area contributed by atoms with Crippen LogP contribution in [0.25, 0.3) is 0 Å². The lowest BCUT2D eigenvalue weighted by atomic mass is 9.98. The van der Waals surface area contributed by atoms with Crippen LogP contribution in [0.15, 0.2) is 11.6 Å². The standard InChI is InChI=1S/C19H32N2O4/c1-8-9-14(20-18(24)25-19(5,6)7)17(23)21-15(10-12(2)3)13(4)11-16(21)22/h11-12,14-15H,8-10H2,1-7H3,(H,20,24)/t14-,15?/m1/s1. The first-order chi connectivity index (χ1) is 11.5. The molecular weight excluding hydrogens is 320 g/mol. The largest absolute Gasteiger partial charge is 0.444 e. The molecule has 0 fully saturated rings. The minimum atomic E-state index is -0.766. The number of carbonyl (C=O) groups excluding carboxylic acids is 3. The van der Waals surface area contributed by atoms with Gasteiger partial charge >= 0.3 is 6.09 Å². The molecule has 1 rings (SSSR count). The van der Waals surface area contributed by atoms with Gasteiger partial charge in [0.15, 0.2) is 0 Å². The van der Waals surface area contributed by atoms with Crippen molar-refractivity contribution in [1.29, 1.82) is 0 Å². The van der Waals surface area contributed by atoms with Crippen molar-refractivity contribution in [2.75, 3.05) is 0 Å². The number of nitrogens with one attached hydrogen (secondary N) is 1. The molecule has 0 radical (unpaired) electrons. The fraction of sp³-hybridized carbons (Fsp3) is 0.737. The highest BCUT2D eigenvalue weighted by atomic mass is 16.6. The van der Waals surface area contributed by atoms with E-state index in [0.717, 1.165) is 5.57 Å². The van der Waals surface area contributed by atoms with E-state index in [-0.39, 0.29) is 17.9 Å². The van der Waals surface area contributed by atoms with Crippen LogP contribution in [0.2, 0.25) is 0 Å². The number of amides is 3. The lowest BCUT2D eigenvalue weighted by Crippen LogP contribution is -2.53. The van der Waals surface area contributed by atoms with E-state index in [9.17, 15) is 14.4 Å². The summed E-state index contributed by atoms with van der Waals surface area (Å²) in [6.45, 7) is 13.2. The summed E-state index contributed by atoms with van der Waals surface area (Å²) in [5.41, 5.74) is 0.241. The summed E-state index contributed by atoms with van der Waals surface area (Å²) in [6.07, 6.45) is 2.74. The summed E-state index contributed by atoms with van der Waals surface area (Å²) in [6, 6.07) is -1.00. The van der Waals surface area contributed by atoms with Crippen molar-refractivity contribution < 1.29 is 19.1 Å². The first kappa shape index (κ1) is 21.2. The van der Waals surface area contributed by atoms with Gasteiger partial charge in [0.1, 0.15) is 11.6 Å². The van der Waals surface area contributed by atoms with Gasteiger partial charge in [0, 0.05) is 6.08 Å². The Morgan fingerprint density at radius 1 is 1.32 bits per heavy atom. The predicted molar refractivity (Wildman–Crippen MR) is 96.9 cm³/mol. The molecule has 0 saturated heterocycles. The lowest BCUT2D eigenvalue weighted by molar-refractivity contribution is -0.144. The zero-order chi connectivity index (χ0) is 19.4. The Hall–Kier alpha value is -1.85. The van der Waals surface area contributed by atoms with E-state index in [0.29, 0.717) is 25.2 Å². The second-order valence-electron chi connectivity index (χ2n) is 8.07. The van der Waals surface area contributed by atoms with Crippen LogP contribution in [0.5, 0.6) is 0 Å². The first-order valence-corrected chi connectivity index (χ1v) is 9.01. The Morgan fingerprint density at radius 3 is 2.40 bits per heavy atom. The monoisotopic (exact) mass is 352 g/mol. The summed E-state index contributed by atoms with van der Waals surface area (Å²) in [4.78, 5) is 38.7. The molecule has 2 atom stereocenters. The summed E-state index contributed by atoms with van der Waals surface area (Å²) < 4.78 is 5.25. The molecule has 25 heavy (non-hydrogen) atoms. The third-order valence-electron chi connectivity index (χ3n) is 3.92. The highest BCUT2D eigenvalue weighted by molar-refractivity contribution is 6.06. The number of hydrogen-bond donors (Lipinski definition) is 1. The molecule has 0 aromatic rings. The Bertz CT molecular complexity index is 546. The number of hydrogen-bond acceptors (Lipinski definition) is 4. The smallest absolute Gasteiger partial charge is 0.408 e. The predicted octanol–water partition coefficient (Wildman–Crippen LogP) is 3.41. The molecule has 1 aliphatic heterocycles. The molecule has 1 N–H and O–H groups in total. The Kier molecular flexibility index (Phi) is 7.20. The van der Waals surface area contributed by atoms with Crippen molar-refractivity contribution in [2.24, 2.45) is 5.92 Å². The number of alkyl carbamates (subject to hydrolysis) is 1. The van der Waals surface area contributed by atoms with Gasteiger partial charge in [-0.1, -0.05) is 27.2 Å². The van der Waals surface area contributed by atoms with Crippen molar-refractivity contribution in [3.05, 3.63) is 11.6 Å². The van der Waals surface area contributed by atoms with E-state index in [2.05, 4.69) is 19.2 Å². The molecule has 1 aliphatic rings. The molecule has 0 bridgehead atoms. The molecule has 1 heterocycles. The average molecular weight is 352 g/mol. The van der Waals surface area contributed by atoms with Gasteiger partial charge in [0.05, 0.1) is 6.04 Å². The summed E-state index contributed by atoms with van der Waals surface area (Å²) >= 11 is 0. The molecule has 0 aromatic carbocycles. The molecular formula is C19H32N2O4. The maximum Gasteiger partial charge on any atom is 0.408 e. The van der Waals surface area contributed by atoms with E-state index in [4.69, 9.17) is 4.74 Å². The van der Waals surface area contributed by atoms with E-state index in [1.54, 1.807) is 20.8 Å². The quantitative estimate of drug-likeness (QED) is 0.795. The third-order valence-corrected chi connectivity index (χ3v) is 3.92. The molecule has 1 unspecified atom stereocenters. The van der Waals surface area contributed by atoms with Gasteiger partial charge in [-0.2, -0.15) is 0 Å². The second kappa shape index (κ2) is 8.50. The number of carbonyl (C=O) groups is 3. The van der Waals surface area contributed by atoms with E-state index in [1.807, 2.05) is 13.8 Å². The van der Waals surface area contributed by atoms with Crippen molar-refractivity contribution in [3.8, 4) is 0 Å². The van der Waals surface area contributed by atoms with Crippen LogP contribution < -0.4 is 5.32 Å². The SMILES string of the molecule is CCC[C@@H](NC(=O)OC(C)(C)C)C(=O)N1C(=O)C=C(C)C1CC(C)C. The van der Waals surface area contributed by atoms with Crippen molar-refractivity contribution in [3.63, 3.8) is 0 Å². The molecule has 0 aromatic heterocycles. The number of ether oxygens (including phenoxy) is 1. The van der Waals surface area contributed by atoms with Gasteiger partial charge in [-0.05, 0) is 52.0 Å². The maximum atomic E-state index is 13.0. The van der Waals surface area contributed by atoms with E-state index < -0.39 is 17.7 Å². The first-order valence-electron chi connectivity index (χ1n) is 9.01. The Balaban J connectivity index is 2.93. The molecule has 142 valence electrons. The number of nitrogens with zero attached hydrogens (tertiary/aromatic N) is 1. The van der Waals surface area contributed by atoms with Crippen molar-refractivity contribution in [2.45, 2.75) is 85.4 Å². The molecule has 0 aliphatic carbocycles. The summed E-state index contributed by atoms with van der Waals surface area (Å²) in [7, 11) is 0. The van der Waals surface area contributed by atoms with Gasteiger partial charge in [0.2, 0.25) is 0 Å². The summed E-state index contributed by atoms with van der Waals surface area (Å²) in [5.74, 6) is -0.324. The molecule has 0 saturated carbocycles. The zero-order valence-electron chi connectivity index (χ0n) is 16.5. The van der Waals surface area contributed by atoms with Crippen LogP contribution in [-0.2, 0) is 14.3 Å². The fourth-order valence-corrected chi connectivity index (χ4v) is 2.88. The number of imide groups is 1. The van der Waals surface area contributed by atoms with Gasteiger partial charge in [-0.25, -0.2) is 4.79 Å². The maximum absolute atomic E-state index is 13.0. The average Bonchev–Trinajstić information content (AvgIpc) is 2.69. The Morgan fingerprint density at radius 2 is 1.92 bits per heavy atom. The topological polar surface area (TPSA) is 75.7 Å². The molecule has 3 amide bonds. The molecule has 6 nitrogen and oxygen atoms in total. The number of rotatable bonds is 6. The van der Waals surface area contributed by atoms with Crippen molar-refractivity contribution >= 4 is 17.9 Å². The fourth-order valence-electron chi connectivity index (χ4n) is 2.88. The second-order valence-corrected chi connectivity index (χ2v) is 8.07. The lowest BCUT2D eigenvalue weighted by Gasteiger charge is -2.30. The summed E-state index contributed by atoms with van der Waals surface area (Å²) in [5, 5.41) is 2.63. The van der Waals surface area contributed by atoms with Crippen LogP contribution in [0.3, 0.4) is 0 Å². The van der Waals surface area contributed by atoms with Gasteiger partial charge in [0.25, 0.3) is 11.8 Å². The minimum Gasteiger partial charge on any atom is -0.444 e. The normalized spacial score (nSPS) is 19.0. The van der Waals surface area contributed by atoms with E-state index >= 15 is 0 Å². The highest BCUT2D eigenvalue weighted by Crippen LogP contribution is 2.26. The van der Waals surface area contributed by atoms with Crippen LogP contribution in [-0.4, -0.2) is 40.5 Å². The Labute approximate surface area is 151 Å². The van der Waals surface area contributed by atoms with Gasteiger partial charge in [-0.15, -0.1) is 0 Å².